The summed E-state index contributed by atoms with van der Waals surface area (Å²) in [7, 11) is 2.95. The molecule has 28 heavy (non-hydrogen) atoms. The number of halogens is 1. The van der Waals surface area contributed by atoms with Crippen LogP contribution in [0.4, 0.5) is 11.4 Å². The van der Waals surface area contributed by atoms with E-state index in [0.717, 1.165) is 4.90 Å². The lowest BCUT2D eigenvalue weighted by atomic mass is 10.2. The van der Waals surface area contributed by atoms with E-state index in [0.29, 0.717) is 16.5 Å². The highest BCUT2D eigenvalue weighted by molar-refractivity contribution is 6.33. The Bertz CT molecular complexity index is 888. The molecule has 0 fully saturated rings. The second kappa shape index (κ2) is 9.61. The van der Waals surface area contributed by atoms with E-state index in [9.17, 15) is 14.4 Å². The van der Waals surface area contributed by atoms with Gasteiger partial charge in [0.25, 0.3) is 5.91 Å². The zero-order valence-corrected chi connectivity index (χ0v) is 16.2. The number of anilines is 2. The molecule has 0 aliphatic rings. The Hall–Kier alpha value is -3.26. The highest BCUT2D eigenvalue weighted by atomic mass is 35.5. The van der Waals surface area contributed by atoms with Crippen LogP contribution in [0, 0.1) is 0 Å². The number of ether oxygens (including phenoxy) is 2. The molecule has 0 aliphatic heterocycles. The molecule has 0 bridgehead atoms. The minimum Gasteiger partial charge on any atom is -0.497 e. The van der Waals surface area contributed by atoms with E-state index in [4.69, 9.17) is 26.8 Å². The summed E-state index contributed by atoms with van der Waals surface area (Å²) >= 11 is 5.80. The van der Waals surface area contributed by atoms with Crippen LogP contribution in [0.15, 0.2) is 42.5 Å². The van der Waals surface area contributed by atoms with Gasteiger partial charge in [-0.25, -0.2) is 4.79 Å². The molecule has 0 aromatic heterocycles. The van der Waals surface area contributed by atoms with Crippen LogP contribution in [0.3, 0.4) is 0 Å². The molecule has 2 rings (SSSR count). The van der Waals surface area contributed by atoms with Crippen LogP contribution in [0.2, 0.25) is 5.02 Å². The van der Waals surface area contributed by atoms with Gasteiger partial charge in [-0.2, -0.15) is 0 Å². The van der Waals surface area contributed by atoms with Crippen molar-refractivity contribution in [2.75, 3.05) is 38.4 Å². The van der Waals surface area contributed by atoms with Crippen molar-refractivity contribution in [3.05, 3.63) is 53.1 Å². The first-order valence-electron chi connectivity index (χ1n) is 8.20. The zero-order chi connectivity index (χ0) is 20.7. The van der Waals surface area contributed by atoms with Crippen molar-refractivity contribution in [3.8, 4) is 5.75 Å². The van der Waals surface area contributed by atoms with Crippen LogP contribution < -0.4 is 15.8 Å². The van der Waals surface area contributed by atoms with E-state index >= 15 is 0 Å². The molecule has 2 amide bonds. The number of benzene rings is 2. The Morgan fingerprint density at radius 1 is 1.18 bits per heavy atom. The number of nitrogen functional groups attached to an aromatic ring is 1. The smallest absolute Gasteiger partial charge is 0.338 e. The number of hydrogen-bond donors (Lipinski definition) is 2. The number of esters is 1. The number of amides is 2. The van der Waals surface area contributed by atoms with Crippen molar-refractivity contribution in [1.29, 1.82) is 0 Å². The number of nitrogens with zero attached hydrogens (tertiary/aromatic N) is 1. The summed E-state index contributed by atoms with van der Waals surface area (Å²) in [5.74, 6) is -1.06. The fourth-order valence-corrected chi connectivity index (χ4v) is 2.31. The van der Waals surface area contributed by atoms with Crippen LogP contribution in [0.1, 0.15) is 10.4 Å². The van der Waals surface area contributed by atoms with E-state index in [1.54, 1.807) is 24.3 Å². The van der Waals surface area contributed by atoms with Gasteiger partial charge in [0.15, 0.2) is 6.61 Å². The van der Waals surface area contributed by atoms with E-state index < -0.39 is 24.4 Å². The minimum atomic E-state index is -0.717. The third-order valence-electron chi connectivity index (χ3n) is 3.72. The summed E-state index contributed by atoms with van der Waals surface area (Å²) in [5, 5.41) is 2.97. The molecule has 2 aromatic rings. The number of nitrogens with one attached hydrogen (secondary N) is 1. The lowest BCUT2D eigenvalue weighted by molar-refractivity contribution is -0.136. The fourth-order valence-electron chi connectivity index (χ4n) is 2.20. The highest BCUT2D eigenvalue weighted by Gasteiger charge is 2.16. The first-order chi connectivity index (χ1) is 13.3. The van der Waals surface area contributed by atoms with Gasteiger partial charge in [0, 0.05) is 18.8 Å². The number of hydrogen-bond acceptors (Lipinski definition) is 6. The molecule has 0 saturated carbocycles. The van der Waals surface area contributed by atoms with Crippen LogP contribution in [-0.4, -0.2) is 50.0 Å². The number of rotatable bonds is 7. The van der Waals surface area contributed by atoms with Gasteiger partial charge in [-0.05, 0) is 30.3 Å². The standard InChI is InChI=1S/C19H20ClN3O5/c1-23(10-17(24)22-13-4-3-5-14(9-13)27-2)18(25)11-28-19(26)12-6-7-15(20)16(21)8-12/h3-9H,10-11,21H2,1-2H3,(H,22,24). The maximum atomic E-state index is 12.1. The molecule has 0 radical (unpaired) electrons. The van der Waals surface area contributed by atoms with Crippen LogP contribution in [0.5, 0.6) is 5.75 Å². The Balaban J connectivity index is 1.83. The second-order valence-corrected chi connectivity index (χ2v) is 6.25. The second-order valence-electron chi connectivity index (χ2n) is 5.84. The largest absolute Gasteiger partial charge is 0.497 e. The molecule has 9 heteroatoms. The van der Waals surface area contributed by atoms with Crippen molar-refractivity contribution >= 4 is 40.8 Å². The third-order valence-corrected chi connectivity index (χ3v) is 4.06. The number of carbonyl (C=O) groups excluding carboxylic acids is 3. The van der Waals surface area contributed by atoms with Gasteiger partial charge in [0.2, 0.25) is 5.91 Å². The van der Waals surface area contributed by atoms with E-state index in [1.807, 2.05) is 0 Å². The Morgan fingerprint density at radius 3 is 2.61 bits per heavy atom. The SMILES string of the molecule is COc1cccc(NC(=O)CN(C)C(=O)COC(=O)c2ccc(Cl)c(N)c2)c1. The Labute approximate surface area is 167 Å². The van der Waals surface area contributed by atoms with Crippen LogP contribution >= 0.6 is 11.6 Å². The van der Waals surface area contributed by atoms with Gasteiger partial charge in [-0.15, -0.1) is 0 Å². The average molecular weight is 406 g/mol. The predicted molar refractivity (Wildman–Crippen MR) is 105 cm³/mol. The van der Waals surface area contributed by atoms with Crippen LogP contribution in [0.25, 0.3) is 0 Å². The van der Waals surface area contributed by atoms with Crippen molar-refractivity contribution in [3.63, 3.8) is 0 Å². The van der Waals surface area contributed by atoms with Gasteiger partial charge >= 0.3 is 5.97 Å². The summed E-state index contributed by atoms with van der Waals surface area (Å²) in [6.07, 6.45) is 0. The maximum absolute atomic E-state index is 12.1. The molecule has 0 atom stereocenters. The minimum absolute atomic E-state index is 0.174. The van der Waals surface area contributed by atoms with Gasteiger partial charge in [-0.3, -0.25) is 9.59 Å². The average Bonchev–Trinajstić information content (AvgIpc) is 2.67. The quantitative estimate of drug-likeness (QED) is 0.539. The molecule has 0 heterocycles. The summed E-state index contributed by atoms with van der Waals surface area (Å²) in [5.41, 5.74) is 6.58. The highest BCUT2D eigenvalue weighted by Crippen LogP contribution is 2.20. The Kier molecular flexibility index (Phi) is 7.22. The zero-order valence-electron chi connectivity index (χ0n) is 15.4. The van der Waals surface area contributed by atoms with Crippen molar-refractivity contribution in [2.45, 2.75) is 0 Å². The summed E-state index contributed by atoms with van der Waals surface area (Å²) in [6.45, 7) is -0.716. The number of likely N-dealkylation sites (N-methyl/N-ethyl adjacent to an activating group) is 1. The van der Waals surface area contributed by atoms with E-state index in [1.165, 1.54) is 32.4 Å². The van der Waals surface area contributed by atoms with Gasteiger partial charge in [0.05, 0.1) is 29.9 Å². The molecule has 2 aromatic carbocycles. The van der Waals surface area contributed by atoms with Crippen molar-refractivity contribution in [1.82, 2.24) is 4.90 Å². The van der Waals surface area contributed by atoms with Crippen molar-refractivity contribution in [2.24, 2.45) is 0 Å². The first kappa shape index (κ1) is 21.0. The lowest BCUT2D eigenvalue weighted by Gasteiger charge is -2.17. The fraction of sp³-hybridized carbons (Fsp3) is 0.211. The monoisotopic (exact) mass is 405 g/mol. The van der Waals surface area contributed by atoms with E-state index in [2.05, 4.69) is 5.32 Å². The van der Waals surface area contributed by atoms with Gasteiger partial charge < -0.3 is 25.4 Å². The lowest BCUT2D eigenvalue weighted by Crippen LogP contribution is -2.37. The predicted octanol–water partition coefficient (Wildman–Crippen LogP) is 2.18. The van der Waals surface area contributed by atoms with Crippen LogP contribution in [-0.2, 0) is 14.3 Å². The van der Waals surface area contributed by atoms with Crippen molar-refractivity contribution < 1.29 is 23.9 Å². The number of methoxy groups -OCH3 is 1. The molecule has 0 spiro atoms. The molecule has 0 saturated heterocycles. The van der Waals surface area contributed by atoms with E-state index in [-0.39, 0.29) is 17.8 Å². The Morgan fingerprint density at radius 2 is 1.93 bits per heavy atom. The first-order valence-corrected chi connectivity index (χ1v) is 8.58. The summed E-state index contributed by atoms with van der Waals surface area (Å²) < 4.78 is 10.0. The molecular weight excluding hydrogens is 386 g/mol. The molecule has 0 aliphatic carbocycles. The normalized spacial score (nSPS) is 10.1. The number of carbonyl (C=O) groups is 3. The topological polar surface area (TPSA) is 111 Å². The molecule has 8 nitrogen and oxygen atoms in total. The van der Waals surface area contributed by atoms with Gasteiger partial charge in [-0.1, -0.05) is 17.7 Å². The summed E-state index contributed by atoms with van der Waals surface area (Å²) in [4.78, 5) is 37.3. The molecule has 0 unspecified atom stereocenters. The third kappa shape index (κ3) is 5.88. The summed E-state index contributed by atoms with van der Waals surface area (Å²) in [6, 6.07) is 11.1. The van der Waals surface area contributed by atoms with Gasteiger partial charge in [0.1, 0.15) is 5.75 Å². The maximum Gasteiger partial charge on any atom is 0.338 e. The number of nitrogens with two attached hydrogens (primary N) is 1. The molecular formula is C19H20ClN3O5. The molecule has 3 N–H and O–H groups in total. The molecule has 148 valence electrons.